The van der Waals surface area contributed by atoms with E-state index in [1.165, 1.54) is 17.1 Å². The van der Waals surface area contributed by atoms with Crippen molar-refractivity contribution < 1.29 is 4.42 Å². The maximum atomic E-state index is 5.38. The minimum absolute atomic E-state index is 0.695. The van der Waals surface area contributed by atoms with Crippen molar-refractivity contribution in [3.8, 4) is 0 Å². The topological polar surface area (TPSA) is 80.2 Å². The molecule has 2 rings (SSSR count). The van der Waals surface area contributed by atoms with Crippen LogP contribution >= 0.6 is 11.5 Å². The molecule has 3 N–H and O–H groups in total. The smallest absolute Gasteiger partial charge is 0.148 e. The lowest BCUT2D eigenvalue weighted by atomic mass is 10.2. The predicted octanol–water partition coefficient (Wildman–Crippen LogP) is 1.36. The van der Waals surface area contributed by atoms with Gasteiger partial charge in [0.25, 0.3) is 0 Å². The lowest BCUT2D eigenvalue weighted by Crippen LogP contribution is -2.19. The molecule has 0 bridgehead atoms. The van der Waals surface area contributed by atoms with Gasteiger partial charge in [0.05, 0.1) is 6.26 Å². The molecule has 0 aliphatic heterocycles. The molecule has 2 aromatic heterocycles. The van der Waals surface area contributed by atoms with Gasteiger partial charge >= 0.3 is 0 Å². The summed E-state index contributed by atoms with van der Waals surface area (Å²) in [4.78, 5) is 2.13. The van der Waals surface area contributed by atoms with E-state index in [0.717, 1.165) is 23.0 Å². The van der Waals surface area contributed by atoms with Gasteiger partial charge in [-0.15, -0.1) is 5.10 Å². The molecular weight excluding hydrogens is 238 g/mol. The zero-order chi connectivity index (χ0) is 12.3. The summed E-state index contributed by atoms with van der Waals surface area (Å²) < 4.78 is 9.13. The van der Waals surface area contributed by atoms with Crippen LogP contribution in [0, 0.1) is 6.92 Å². The molecule has 0 aliphatic carbocycles. The number of aryl methyl sites for hydroxylation is 1. The Kier molecular flexibility index (Phi) is 3.72. The Morgan fingerprint density at radius 3 is 3.00 bits per heavy atom. The highest BCUT2D eigenvalue weighted by molar-refractivity contribution is 7.10. The first-order valence-electron chi connectivity index (χ1n) is 5.20. The summed E-state index contributed by atoms with van der Waals surface area (Å²) in [5.74, 6) is 6.33. The summed E-state index contributed by atoms with van der Waals surface area (Å²) in [6.07, 6.45) is 1.70. The molecule has 0 saturated carbocycles. The number of anilines is 1. The van der Waals surface area contributed by atoms with E-state index in [2.05, 4.69) is 19.9 Å². The summed E-state index contributed by atoms with van der Waals surface area (Å²) in [6, 6.07) is 1.98. The van der Waals surface area contributed by atoms with Crippen molar-refractivity contribution in [3.63, 3.8) is 0 Å². The molecule has 0 saturated heterocycles. The van der Waals surface area contributed by atoms with Gasteiger partial charge in [-0.05, 0) is 20.0 Å². The lowest BCUT2D eigenvalue weighted by molar-refractivity contribution is 0.313. The van der Waals surface area contributed by atoms with Gasteiger partial charge in [0.1, 0.15) is 16.5 Å². The third-order valence-corrected chi connectivity index (χ3v) is 3.21. The molecule has 0 amide bonds. The zero-order valence-electron chi connectivity index (χ0n) is 9.80. The zero-order valence-corrected chi connectivity index (χ0v) is 10.6. The molecule has 17 heavy (non-hydrogen) atoms. The Hall–Kier alpha value is -1.44. The van der Waals surface area contributed by atoms with Crippen molar-refractivity contribution >= 4 is 16.5 Å². The molecule has 0 atom stereocenters. The van der Waals surface area contributed by atoms with Gasteiger partial charge in [-0.1, -0.05) is 4.49 Å². The van der Waals surface area contributed by atoms with Crippen LogP contribution in [-0.4, -0.2) is 21.5 Å². The van der Waals surface area contributed by atoms with E-state index >= 15 is 0 Å². The fraction of sp³-hybridized carbons (Fsp3) is 0.400. The highest BCUT2D eigenvalue weighted by Gasteiger charge is 2.11. The van der Waals surface area contributed by atoms with Crippen LogP contribution in [0.3, 0.4) is 0 Å². The third kappa shape index (κ3) is 2.82. The predicted molar refractivity (Wildman–Crippen MR) is 66.3 cm³/mol. The molecule has 0 fully saturated rings. The Balaban J connectivity index is 1.98. The molecule has 2 heterocycles. The average molecular weight is 253 g/mol. The monoisotopic (exact) mass is 253 g/mol. The molecule has 6 nitrogen and oxygen atoms in total. The number of rotatable bonds is 5. The summed E-state index contributed by atoms with van der Waals surface area (Å²) in [5, 5.41) is 4.85. The molecule has 0 aliphatic rings. The Labute approximate surface area is 104 Å². The SMILES string of the molecule is Cc1occc1CN(C)Cc1nnsc1NN. The van der Waals surface area contributed by atoms with Crippen LogP contribution in [0.1, 0.15) is 17.0 Å². The van der Waals surface area contributed by atoms with E-state index in [1.54, 1.807) is 6.26 Å². The Morgan fingerprint density at radius 2 is 2.35 bits per heavy atom. The number of hydrazine groups is 1. The summed E-state index contributed by atoms with van der Waals surface area (Å²) in [5.41, 5.74) is 4.64. The lowest BCUT2D eigenvalue weighted by Gasteiger charge is -2.14. The van der Waals surface area contributed by atoms with Gasteiger partial charge < -0.3 is 9.84 Å². The largest absolute Gasteiger partial charge is 0.469 e. The van der Waals surface area contributed by atoms with Gasteiger partial charge in [0, 0.05) is 30.2 Å². The second kappa shape index (κ2) is 5.26. The minimum Gasteiger partial charge on any atom is -0.469 e. The molecule has 0 aromatic carbocycles. The molecule has 0 unspecified atom stereocenters. The van der Waals surface area contributed by atoms with Crippen LogP contribution in [0.15, 0.2) is 16.7 Å². The third-order valence-electron chi connectivity index (χ3n) is 2.51. The highest BCUT2D eigenvalue weighted by Crippen LogP contribution is 2.19. The maximum Gasteiger partial charge on any atom is 0.148 e. The van der Waals surface area contributed by atoms with Crippen LogP contribution in [-0.2, 0) is 13.1 Å². The summed E-state index contributed by atoms with van der Waals surface area (Å²) >= 11 is 1.26. The number of furan rings is 1. The summed E-state index contributed by atoms with van der Waals surface area (Å²) in [7, 11) is 2.02. The first-order chi connectivity index (χ1) is 8.20. The fourth-order valence-electron chi connectivity index (χ4n) is 1.60. The molecule has 7 heteroatoms. The normalized spacial score (nSPS) is 11.1. The van der Waals surface area contributed by atoms with Crippen molar-refractivity contribution in [2.45, 2.75) is 20.0 Å². The van der Waals surface area contributed by atoms with E-state index in [1.807, 2.05) is 20.0 Å². The van der Waals surface area contributed by atoms with Gasteiger partial charge in [-0.25, -0.2) is 5.84 Å². The quantitative estimate of drug-likeness (QED) is 0.618. The van der Waals surface area contributed by atoms with Crippen molar-refractivity contribution in [1.82, 2.24) is 14.5 Å². The van der Waals surface area contributed by atoms with Gasteiger partial charge in [-0.3, -0.25) is 4.90 Å². The molecule has 0 spiro atoms. The van der Waals surface area contributed by atoms with Gasteiger partial charge in [0.15, 0.2) is 0 Å². The Morgan fingerprint density at radius 1 is 1.53 bits per heavy atom. The fourth-order valence-corrected chi connectivity index (χ4v) is 2.08. The highest BCUT2D eigenvalue weighted by atomic mass is 32.1. The minimum atomic E-state index is 0.695. The first kappa shape index (κ1) is 12.0. The molecule has 0 radical (unpaired) electrons. The van der Waals surface area contributed by atoms with E-state index in [9.17, 15) is 0 Å². The number of hydrogen-bond acceptors (Lipinski definition) is 7. The van der Waals surface area contributed by atoms with E-state index in [-0.39, 0.29) is 0 Å². The molecular formula is C10H15N5OS. The van der Waals surface area contributed by atoms with Crippen LogP contribution in [0.25, 0.3) is 0 Å². The van der Waals surface area contributed by atoms with E-state index in [0.29, 0.717) is 6.54 Å². The standard InChI is InChI=1S/C10H15N5OS/c1-7-8(3-4-16-7)5-15(2)6-9-10(12-11)17-14-13-9/h3-4,12H,5-6,11H2,1-2H3. The summed E-state index contributed by atoms with van der Waals surface area (Å²) in [6.45, 7) is 3.46. The second-order valence-corrected chi connectivity index (χ2v) is 4.62. The van der Waals surface area contributed by atoms with Crippen molar-refractivity contribution in [3.05, 3.63) is 29.3 Å². The van der Waals surface area contributed by atoms with Crippen molar-refractivity contribution in [1.29, 1.82) is 0 Å². The number of nitrogens with one attached hydrogen (secondary N) is 1. The van der Waals surface area contributed by atoms with Crippen LogP contribution in [0.2, 0.25) is 0 Å². The number of aromatic nitrogens is 2. The second-order valence-electron chi connectivity index (χ2n) is 3.87. The number of nitrogen functional groups attached to an aromatic ring is 1. The molecule has 92 valence electrons. The average Bonchev–Trinajstić information content (AvgIpc) is 2.89. The van der Waals surface area contributed by atoms with Crippen LogP contribution < -0.4 is 11.3 Å². The van der Waals surface area contributed by atoms with Gasteiger partial charge in [-0.2, -0.15) is 0 Å². The molecule has 2 aromatic rings. The first-order valence-corrected chi connectivity index (χ1v) is 5.97. The van der Waals surface area contributed by atoms with Crippen molar-refractivity contribution in [2.24, 2.45) is 5.84 Å². The number of nitrogens with zero attached hydrogens (tertiary/aromatic N) is 3. The number of hydrogen-bond donors (Lipinski definition) is 2. The maximum absolute atomic E-state index is 5.38. The van der Waals surface area contributed by atoms with E-state index in [4.69, 9.17) is 10.3 Å². The number of nitrogens with two attached hydrogens (primary N) is 1. The van der Waals surface area contributed by atoms with Crippen molar-refractivity contribution in [2.75, 3.05) is 12.5 Å². The van der Waals surface area contributed by atoms with Gasteiger partial charge in [0.2, 0.25) is 0 Å². The van der Waals surface area contributed by atoms with Crippen LogP contribution in [0.4, 0.5) is 5.00 Å². The Bertz CT molecular complexity index is 481. The van der Waals surface area contributed by atoms with E-state index < -0.39 is 0 Å². The van der Waals surface area contributed by atoms with Crippen LogP contribution in [0.5, 0.6) is 0 Å².